The Labute approximate surface area is 292 Å². The Morgan fingerprint density at radius 1 is 0.391 bits per heavy atom. The third-order valence-corrected chi connectivity index (χ3v) is 10.1. The highest BCUT2D eigenvalue weighted by Crippen LogP contribution is 2.47. The van der Waals surface area contributed by atoms with E-state index in [-0.39, 0.29) is 0 Å². The lowest BCUT2D eigenvalue weighted by Gasteiger charge is -2.19. The van der Waals surface area contributed by atoms with Crippen LogP contribution in [0.5, 0.6) is 11.5 Å². The zero-order chi connectivity index (χ0) is 32.7. The molecule has 0 N–H and O–H groups in total. The predicted molar refractivity (Wildman–Crippen MR) is 205 cm³/mol. The summed E-state index contributed by atoms with van der Waals surface area (Å²) in [7, 11) is 0. The first-order chi connectivity index (χ1) is 22.7. The summed E-state index contributed by atoms with van der Waals surface area (Å²) in [4.78, 5) is 0. The molecule has 0 unspecified atom stereocenters. The van der Waals surface area contributed by atoms with Crippen LogP contribution in [-0.4, -0.2) is 13.2 Å². The lowest BCUT2D eigenvalue weighted by Crippen LogP contribution is -2.03. The van der Waals surface area contributed by atoms with Crippen LogP contribution >= 0.6 is 23.2 Å². The molecule has 0 aromatic heterocycles. The Balaban J connectivity index is 1.48. The van der Waals surface area contributed by atoms with Gasteiger partial charge in [0, 0.05) is 21.5 Å². The van der Waals surface area contributed by atoms with E-state index in [0.29, 0.717) is 23.3 Å². The molecule has 0 saturated carbocycles. The van der Waals surface area contributed by atoms with Crippen LogP contribution in [0.3, 0.4) is 0 Å². The summed E-state index contributed by atoms with van der Waals surface area (Å²) in [5, 5.41) is 5.22. The monoisotopic (exact) mass is 670 g/mol. The molecule has 0 atom stereocenters. The highest BCUT2D eigenvalue weighted by atomic mass is 35.5. The van der Waals surface area contributed by atoms with Gasteiger partial charge in [0.05, 0.1) is 23.3 Å². The summed E-state index contributed by atoms with van der Waals surface area (Å²) >= 11 is 13.7. The number of benzene rings is 3. The Morgan fingerprint density at radius 3 is 0.978 bits per heavy atom. The summed E-state index contributed by atoms with van der Waals surface area (Å²) in [6.07, 6.45) is 31.9. The molecule has 0 bridgehead atoms. The topological polar surface area (TPSA) is 18.5 Å². The van der Waals surface area contributed by atoms with Crippen LogP contribution in [0.15, 0.2) is 36.4 Å². The van der Waals surface area contributed by atoms with Crippen molar-refractivity contribution in [2.45, 2.75) is 168 Å². The fourth-order valence-electron chi connectivity index (χ4n) is 6.69. The normalized spacial score (nSPS) is 11.6. The third-order valence-electron chi connectivity index (χ3n) is 9.46. The molecule has 4 heteroatoms. The molecule has 0 aliphatic heterocycles. The molecule has 3 aromatic carbocycles. The van der Waals surface area contributed by atoms with Crippen LogP contribution in [0.2, 0.25) is 10.0 Å². The molecule has 0 saturated heterocycles. The van der Waals surface area contributed by atoms with E-state index in [1.165, 1.54) is 141 Å². The number of halogens is 2. The fourth-order valence-corrected chi connectivity index (χ4v) is 7.21. The Morgan fingerprint density at radius 2 is 0.674 bits per heavy atom. The third kappa shape index (κ3) is 13.8. The van der Waals surface area contributed by atoms with Crippen molar-refractivity contribution in [2.24, 2.45) is 0 Å². The quantitative estimate of drug-likeness (QED) is 0.0565. The lowest BCUT2D eigenvalue weighted by molar-refractivity contribution is 0.306. The second-order valence-electron chi connectivity index (χ2n) is 13.5. The van der Waals surface area contributed by atoms with Crippen molar-refractivity contribution in [1.82, 2.24) is 0 Å². The number of unbranched alkanes of at least 4 members (excludes halogenated alkanes) is 22. The Kier molecular flexibility index (Phi) is 20.7. The number of hydrogen-bond acceptors (Lipinski definition) is 2. The summed E-state index contributed by atoms with van der Waals surface area (Å²) < 4.78 is 13.1. The van der Waals surface area contributed by atoms with Gasteiger partial charge in [-0.05, 0) is 25.0 Å². The molecule has 46 heavy (non-hydrogen) atoms. The molecular formula is C42H64Cl2O2. The highest BCUT2D eigenvalue weighted by Gasteiger charge is 2.20. The van der Waals surface area contributed by atoms with Gasteiger partial charge in [-0.3, -0.25) is 0 Å². The molecule has 3 rings (SSSR count). The smallest absolute Gasteiger partial charge is 0.136 e. The molecular weight excluding hydrogens is 607 g/mol. The van der Waals surface area contributed by atoms with E-state index >= 15 is 0 Å². The molecule has 2 nitrogen and oxygen atoms in total. The van der Waals surface area contributed by atoms with Crippen molar-refractivity contribution in [3.8, 4) is 11.5 Å². The van der Waals surface area contributed by atoms with Gasteiger partial charge in [-0.15, -0.1) is 0 Å². The number of rotatable bonds is 28. The fraction of sp³-hybridized carbons (Fsp3) is 0.667. The molecule has 0 fully saturated rings. The second kappa shape index (κ2) is 24.5. The van der Waals surface area contributed by atoms with E-state index < -0.39 is 0 Å². The van der Waals surface area contributed by atoms with Crippen molar-refractivity contribution in [2.75, 3.05) is 13.2 Å². The maximum Gasteiger partial charge on any atom is 0.136 e. The predicted octanol–water partition coefficient (Wildman–Crippen LogP) is 15.5. The summed E-state index contributed by atoms with van der Waals surface area (Å²) in [6, 6.07) is 12.1. The molecule has 0 heterocycles. The van der Waals surface area contributed by atoms with Crippen LogP contribution < -0.4 is 9.47 Å². The number of ether oxygens (including phenoxy) is 2. The maximum atomic E-state index is 6.85. The molecule has 0 spiro atoms. The summed E-state index contributed by atoms with van der Waals surface area (Å²) in [5.41, 5.74) is 0. The van der Waals surface area contributed by atoms with E-state index in [1.54, 1.807) is 0 Å². The van der Waals surface area contributed by atoms with E-state index in [9.17, 15) is 0 Å². The summed E-state index contributed by atoms with van der Waals surface area (Å²) in [6.45, 7) is 5.93. The maximum absolute atomic E-state index is 6.85. The molecule has 258 valence electrons. The molecule has 0 amide bonds. The van der Waals surface area contributed by atoms with E-state index in [0.717, 1.165) is 45.9 Å². The van der Waals surface area contributed by atoms with Crippen molar-refractivity contribution < 1.29 is 9.47 Å². The SMILES string of the molecule is CCCCCCCCCCCCCCOc1c2cccc(Cl)c2c(OCCCCCCCCCCCCCC)c2cccc(Cl)c12. The van der Waals surface area contributed by atoms with Crippen LogP contribution in [0, 0.1) is 0 Å². The van der Waals surface area contributed by atoms with Gasteiger partial charge in [-0.2, -0.15) is 0 Å². The largest absolute Gasteiger partial charge is 0.492 e. The lowest BCUT2D eigenvalue weighted by atomic mass is 10.00. The minimum absolute atomic E-state index is 0.679. The summed E-state index contributed by atoms with van der Waals surface area (Å²) in [5.74, 6) is 1.66. The van der Waals surface area contributed by atoms with Gasteiger partial charge >= 0.3 is 0 Å². The average Bonchev–Trinajstić information content (AvgIpc) is 3.06. The average molecular weight is 672 g/mol. The number of hydrogen-bond donors (Lipinski definition) is 0. The highest BCUT2D eigenvalue weighted by molar-refractivity contribution is 6.40. The van der Waals surface area contributed by atoms with Crippen LogP contribution in [-0.2, 0) is 0 Å². The first-order valence-electron chi connectivity index (χ1n) is 19.3. The van der Waals surface area contributed by atoms with Crippen LogP contribution in [0.4, 0.5) is 0 Å². The van der Waals surface area contributed by atoms with Gasteiger partial charge < -0.3 is 9.47 Å². The van der Waals surface area contributed by atoms with Gasteiger partial charge in [0.1, 0.15) is 11.5 Å². The first-order valence-corrected chi connectivity index (χ1v) is 20.0. The molecule has 0 radical (unpaired) electrons. The van der Waals surface area contributed by atoms with Crippen molar-refractivity contribution in [3.63, 3.8) is 0 Å². The van der Waals surface area contributed by atoms with Crippen molar-refractivity contribution in [3.05, 3.63) is 46.4 Å². The van der Waals surface area contributed by atoms with Gasteiger partial charge in [-0.1, -0.05) is 203 Å². The zero-order valence-electron chi connectivity index (χ0n) is 29.4. The van der Waals surface area contributed by atoms with Gasteiger partial charge in [0.2, 0.25) is 0 Å². The zero-order valence-corrected chi connectivity index (χ0v) is 30.9. The van der Waals surface area contributed by atoms with Gasteiger partial charge in [0.25, 0.3) is 0 Å². The molecule has 0 aliphatic carbocycles. The van der Waals surface area contributed by atoms with Crippen LogP contribution in [0.25, 0.3) is 21.5 Å². The van der Waals surface area contributed by atoms with E-state index in [1.807, 2.05) is 24.3 Å². The standard InChI is InChI=1S/C42H64Cl2O2/c1-3-5-7-9-11-13-15-17-19-21-23-25-33-45-41-35-29-27-32-38(44)40(35)42(36-30-28-31-37(43)39(36)41)46-34-26-24-22-20-18-16-14-12-10-8-6-4-2/h27-32H,3-26,33-34H2,1-2H3. The van der Waals surface area contributed by atoms with Crippen LogP contribution in [0.1, 0.15) is 168 Å². The Bertz CT molecular complexity index is 1130. The van der Waals surface area contributed by atoms with Gasteiger partial charge in [0.15, 0.2) is 0 Å². The minimum atomic E-state index is 0.679. The van der Waals surface area contributed by atoms with Crippen molar-refractivity contribution >= 4 is 44.7 Å². The van der Waals surface area contributed by atoms with Gasteiger partial charge in [-0.25, -0.2) is 0 Å². The van der Waals surface area contributed by atoms with E-state index in [4.69, 9.17) is 32.7 Å². The number of fused-ring (bicyclic) bond motifs is 2. The van der Waals surface area contributed by atoms with E-state index in [2.05, 4.69) is 26.0 Å². The molecule has 0 aliphatic rings. The first kappa shape index (κ1) is 38.8. The second-order valence-corrected chi connectivity index (χ2v) is 14.3. The van der Waals surface area contributed by atoms with Crippen molar-refractivity contribution in [1.29, 1.82) is 0 Å². The molecule has 3 aromatic rings. The Hall–Kier alpha value is -1.64. The minimum Gasteiger partial charge on any atom is -0.492 e.